The minimum atomic E-state index is -0.892. The predicted octanol–water partition coefficient (Wildman–Crippen LogP) is 6.09. The number of imidazole rings is 1. The van der Waals surface area contributed by atoms with Crippen molar-refractivity contribution in [2.75, 3.05) is 0 Å². The quantitative estimate of drug-likeness (QED) is 0.419. The number of unbranched alkanes of at least 4 members (excludes halogenated alkanes) is 1. The van der Waals surface area contributed by atoms with Gasteiger partial charge >= 0.3 is 5.97 Å². The number of thiophene rings is 1. The Hall–Kier alpha value is -2.37. The molecular formula is C23H25ClN2O2S. The topological polar surface area (TPSA) is 55.1 Å². The molecule has 0 unspecified atom stereocenters. The van der Waals surface area contributed by atoms with Crippen molar-refractivity contribution in [2.45, 2.75) is 46.1 Å². The van der Waals surface area contributed by atoms with E-state index in [0.717, 1.165) is 46.8 Å². The molecule has 2 heterocycles. The maximum absolute atomic E-state index is 12.0. The molecule has 0 aliphatic heterocycles. The Bertz CT molecular complexity index is 1010. The Kier molecular flexibility index (Phi) is 7.29. The third kappa shape index (κ3) is 5.17. The van der Waals surface area contributed by atoms with Crippen LogP contribution >= 0.6 is 22.9 Å². The summed E-state index contributed by atoms with van der Waals surface area (Å²) in [4.78, 5) is 17.7. The molecule has 0 atom stereocenters. The number of benzene rings is 1. The number of allylic oxidation sites excluding steroid dienone is 1. The lowest BCUT2D eigenvalue weighted by Crippen LogP contribution is -2.12. The van der Waals surface area contributed by atoms with Crippen molar-refractivity contribution in [3.8, 4) is 0 Å². The highest BCUT2D eigenvalue weighted by Gasteiger charge is 2.19. The fourth-order valence-electron chi connectivity index (χ4n) is 3.33. The van der Waals surface area contributed by atoms with Crippen molar-refractivity contribution in [2.24, 2.45) is 0 Å². The molecule has 0 amide bonds. The lowest BCUT2D eigenvalue weighted by molar-refractivity contribution is -0.132. The molecule has 152 valence electrons. The molecule has 0 aliphatic rings. The molecule has 6 heteroatoms. The highest BCUT2D eigenvalue weighted by Crippen LogP contribution is 2.27. The molecule has 3 rings (SSSR count). The first-order chi connectivity index (χ1) is 14.0. The van der Waals surface area contributed by atoms with Gasteiger partial charge in [-0.3, -0.25) is 0 Å². The molecule has 0 bridgehead atoms. The number of carbonyl (C=O) groups is 1. The van der Waals surface area contributed by atoms with Crippen molar-refractivity contribution in [3.05, 3.63) is 80.5 Å². The molecule has 0 saturated carbocycles. The third-order valence-electron chi connectivity index (χ3n) is 5.00. The smallest absolute Gasteiger partial charge is 0.332 e. The molecule has 0 saturated heterocycles. The van der Waals surface area contributed by atoms with Gasteiger partial charge in [0.25, 0.3) is 0 Å². The van der Waals surface area contributed by atoms with E-state index in [4.69, 9.17) is 11.6 Å². The van der Waals surface area contributed by atoms with E-state index in [2.05, 4.69) is 16.5 Å². The number of nitrogens with zero attached hydrogens (tertiary/aromatic N) is 2. The lowest BCUT2D eigenvalue weighted by Gasteiger charge is -2.15. The van der Waals surface area contributed by atoms with E-state index in [1.165, 1.54) is 0 Å². The van der Waals surface area contributed by atoms with Gasteiger partial charge in [-0.15, -0.1) is 11.3 Å². The number of carboxylic acid groups (broad SMARTS) is 1. The number of hydrogen-bond donors (Lipinski definition) is 1. The van der Waals surface area contributed by atoms with E-state index in [-0.39, 0.29) is 0 Å². The van der Waals surface area contributed by atoms with Crippen LogP contribution in [0.1, 0.15) is 48.6 Å². The van der Waals surface area contributed by atoms with Gasteiger partial charge in [-0.2, -0.15) is 0 Å². The molecule has 3 aromatic rings. The summed E-state index contributed by atoms with van der Waals surface area (Å²) >= 11 is 7.97. The minimum Gasteiger partial charge on any atom is -0.478 e. The monoisotopic (exact) mass is 428 g/mol. The van der Waals surface area contributed by atoms with E-state index >= 15 is 0 Å². The summed E-state index contributed by atoms with van der Waals surface area (Å²) in [6.45, 7) is 4.59. The van der Waals surface area contributed by atoms with Crippen LogP contribution in [0.4, 0.5) is 0 Å². The van der Waals surface area contributed by atoms with Crippen LogP contribution in [0.3, 0.4) is 0 Å². The second-order valence-corrected chi connectivity index (χ2v) is 8.45. The van der Waals surface area contributed by atoms with Crippen LogP contribution in [0.5, 0.6) is 0 Å². The average Bonchev–Trinajstić information content (AvgIpc) is 3.35. The summed E-state index contributed by atoms with van der Waals surface area (Å²) in [5, 5.41) is 12.5. The molecule has 1 N–H and O–H groups in total. The zero-order valence-electron chi connectivity index (χ0n) is 16.7. The van der Waals surface area contributed by atoms with Crippen LogP contribution in [-0.4, -0.2) is 20.6 Å². The zero-order valence-corrected chi connectivity index (χ0v) is 18.3. The number of aliphatic carboxylic acids is 1. The molecule has 2 aromatic heterocycles. The molecule has 4 nitrogen and oxygen atoms in total. The molecule has 1 aromatic carbocycles. The van der Waals surface area contributed by atoms with Gasteiger partial charge in [-0.05, 0) is 42.0 Å². The van der Waals surface area contributed by atoms with Gasteiger partial charge in [0.2, 0.25) is 0 Å². The number of carboxylic acids is 1. The van der Waals surface area contributed by atoms with E-state index in [1.54, 1.807) is 17.5 Å². The van der Waals surface area contributed by atoms with Gasteiger partial charge in [0.05, 0.1) is 18.4 Å². The lowest BCUT2D eigenvalue weighted by atomic mass is 10.0. The van der Waals surface area contributed by atoms with Crippen LogP contribution in [0, 0.1) is 0 Å². The Morgan fingerprint density at radius 3 is 2.69 bits per heavy atom. The third-order valence-corrected chi connectivity index (χ3v) is 6.25. The van der Waals surface area contributed by atoms with Crippen LogP contribution < -0.4 is 0 Å². The highest BCUT2D eigenvalue weighted by molar-refractivity contribution is 7.09. The van der Waals surface area contributed by atoms with Crippen molar-refractivity contribution in [1.29, 1.82) is 0 Å². The molecule has 0 radical (unpaired) electrons. The summed E-state index contributed by atoms with van der Waals surface area (Å²) in [6.07, 6.45) is 5.15. The van der Waals surface area contributed by atoms with E-state index in [0.29, 0.717) is 23.6 Å². The van der Waals surface area contributed by atoms with Crippen molar-refractivity contribution < 1.29 is 9.90 Å². The maximum Gasteiger partial charge on any atom is 0.332 e. The fraction of sp³-hybridized carbons (Fsp3) is 0.304. The first-order valence-electron chi connectivity index (χ1n) is 9.74. The fourth-order valence-corrected chi connectivity index (χ4v) is 4.24. The SMILES string of the molecule is CCCCc1ncc(/C(C)=C(\Cc2cccs2)C(=O)O)n1Cc1ccccc1Cl. The van der Waals surface area contributed by atoms with Gasteiger partial charge in [0.15, 0.2) is 0 Å². The molecule has 0 fully saturated rings. The average molecular weight is 429 g/mol. The maximum atomic E-state index is 12.0. The second-order valence-electron chi connectivity index (χ2n) is 7.01. The number of aromatic nitrogens is 2. The Morgan fingerprint density at radius 1 is 1.24 bits per heavy atom. The largest absolute Gasteiger partial charge is 0.478 e. The molecular weight excluding hydrogens is 404 g/mol. The summed E-state index contributed by atoms with van der Waals surface area (Å²) in [5.41, 5.74) is 2.97. The first kappa shape index (κ1) is 21.3. The van der Waals surface area contributed by atoms with Gasteiger partial charge < -0.3 is 9.67 Å². The normalized spacial score (nSPS) is 12.1. The van der Waals surface area contributed by atoms with Crippen molar-refractivity contribution >= 4 is 34.5 Å². The summed E-state index contributed by atoms with van der Waals surface area (Å²) in [7, 11) is 0. The zero-order chi connectivity index (χ0) is 20.8. The standard InChI is InChI=1S/C23H25ClN2O2S/c1-3-4-11-22-25-14-21(26(22)15-17-8-5-6-10-20(17)24)16(2)19(23(27)28)13-18-9-7-12-29-18/h5-10,12,14H,3-4,11,13,15H2,1-2H3,(H,27,28)/b19-16+. The van der Waals surface area contributed by atoms with Gasteiger partial charge in [-0.1, -0.05) is 49.2 Å². The first-order valence-corrected chi connectivity index (χ1v) is 11.0. The summed E-state index contributed by atoms with van der Waals surface area (Å²) in [6, 6.07) is 11.7. The Labute approximate surface area is 180 Å². The molecule has 29 heavy (non-hydrogen) atoms. The van der Waals surface area contributed by atoms with E-state index in [1.807, 2.05) is 48.7 Å². The van der Waals surface area contributed by atoms with Gasteiger partial charge in [0, 0.05) is 28.3 Å². The summed E-state index contributed by atoms with van der Waals surface area (Å²) in [5.74, 6) is 0.0680. The predicted molar refractivity (Wildman–Crippen MR) is 120 cm³/mol. The van der Waals surface area contributed by atoms with Crippen LogP contribution in [-0.2, 0) is 24.2 Å². The van der Waals surface area contributed by atoms with Crippen molar-refractivity contribution in [3.63, 3.8) is 0 Å². The number of rotatable bonds is 9. The van der Waals surface area contributed by atoms with Crippen molar-refractivity contribution in [1.82, 2.24) is 9.55 Å². The Morgan fingerprint density at radius 2 is 2.03 bits per heavy atom. The highest BCUT2D eigenvalue weighted by atomic mass is 35.5. The van der Waals surface area contributed by atoms with E-state index in [9.17, 15) is 9.90 Å². The second kappa shape index (κ2) is 9.90. The van der Waals surface area contributed by atoms with Crippen LogP contribution in [0.15, 0.2) is 53.5 Å². The number of aryl methyl sites for hydroxylation is 1. The van der Waals surface area contributed by atoms with Crippen LogP contribution in [0.25, 0.3) is 5.57 Å². The number of hydrogen-bond acceptors (Lipinski definition) is 3. The summed E-state index contributed by atoms with van der Waals surface area (Å²) < 4.78 is 2.11. The molecule has 0 spiro atoms. The van der Waals surface area contributed by atoms with Crippen LogP contribution in [0.2, 0.25) is 5.02 Å². The minimum absolute atomic E-state index is 0.398. The van der Waals surface area contributed by atoms with Gasteiger partial charge in [0.1, 0.15) is 5.82 Å². The number of halogens is 1. The Balaban J connectivity index is 2.05. The van der Waals surface area contributed by atoms with Gasteiger partial charge in [-0.25, -0.2) is 9.78 Å². The van der Waals surface area contributed by atoms with E-state index < -0.39 is 5.97 Å². The molecule has 0 aliphatic carbocycles.